The molecule has 0 saturated heterocycles. The van der Waals surface area contributed by atoms with Crippen LogP contribution in [0.15, 0.2) is 65.1 Å². The predicted molar refractivity (Wildman–Crippen MR) is 128 cm³/mol. The first-order valence-electron chi connectivity index (χ1n) is 9.94. The first-order valence-corrected chi connectivity index (χ1v) is 10.7. The van der Waals surface area contributed by atoms with E-state index in [0.29, 0.717) is 27.3 Å². The molecule has 4 aromatic rings. The lowest BCUT2D eigenvalue weighted by Gasteiger charge is -2.06. The second kappa shape index (κ2) is 9.10. The summed E-state index contributed by atoms with van der Waals surface area (Å²) in [4.78, 5) is 36.2. The molecule has 166 valence electrons. The first-order chi connectivity index (χ1) is 15.7. The number of halogens is 2. The first kappa shape index (κ1) is 22.6. The molecule has 0 spiro atoms. The zero-order valence-corrected chi connectivity index (χ0v) is 19.0. The van der Waals surface area contributed by atoms with Crippen LogP contribution in [-0.2, 0) is 4.79 Å². The minimum absolute atomic E-state index is 0.200. The minimum Gasteiger partial charge on any atom is -0.452 e. The fourth-order valence-electron chi connectivity index (χ4n) is 3.53. The van der Waals surface area contributed by atoms with Crippen LogP contribution in [0.3, 0.4) is 0 Å². The number of carbonyl (C=O) groups is 3. The normalized spacial score (nSPS) is 10.9. The number of ketones is 1. The van der Waals surface area contributed by atoms with E-state index in [4.69, 9.17) is 33.4 Å². The van der Waals surface area contributed by atoms with Crippen LogP contribution in [0, 0.1) is 6.92 Å². The third kappa shape index (κ3) is 4.62. The number of primary amides is 1. The number of amides is 2. The SMILES string of the molecule is Cc1c(C(=O)c2ccc(Cl)cc2Cl)oc2cc(-c3cccc(C(=O)NCC(N)=O)c3)ccc12. The van der Waals surface area contributed by atoms with Crippen molar-refractivity contribution in [3.05, 3.63) is 93.2 Å². The molecular formula is C25H18Cl2N2O4. The van der Waals surface area contributed by atoms with Crippen molar-refractivity contribution in [2.75, 3.05) is 6.54 Å². The smallest absolute Gasteiger partial charge is 0.251 e. The van der Waals surface area contributed by atoms with Gasteiger partial charge in [0.15, 0.2) is 5.76 Å². The number of fused-ring (bicyclic) bond motifs is 1. The van der Waals surface area contributed by atoms with Crippen molar-refractivity contribution in [3.8, 4) is 11.1 Å². The summed E-state index contributed by atoms with van der Waals surface area (Å²) >= 11 is 12.1. The van der Waals surface area contributed by atoms with E-state index in [9.17, 15) is 14.4 Å². The second-order valence-corrected chi connectivity index (χ2v) is 8.29. The van der Waals surface area contributed by atoms with Crippen molar-refractivity contribution < 1.29 is 18.8 Å². The van der Waals surface area contributed by atoms with Crippen molar-refractivity contribution in [3.63, 3.8) is 0 Å². The number of carbonyl (C=O) groups excluding carboxylic acids is 3. The molecule has 0 aliphatic heterocycles. The fraction of sp³-hybridized carbons (Fsp3) is 0.0800. The van der Waals surface area contributed by atoms with E-state index in [1.165, 1.54) is 6.07 Å². The van der Waals surface area contributed by atoms with Gasteiger partial charge in [0.05, 0.1) is 11.6 Å². The van der Waals surface area contributed by atoms with E-state index in [-0.39, 0.29) is 23.1 Å². The fourth-order valence-corrected chi connectivity index (χ4v) is 4.02. The summed E-state index contributed by atoms with van der Waals surface area (Å²) in [7, 11) is 0. The Bertz CT molecular complexity index is 1430. The third-order valence-corrected chi connectivity index (χ3v) is 5.75. The maximum atomic E-state index is 13.1. The van der Waals surface area contributed by atoms with E-state index >= 15 is 0 Å². The standard InChI is InChI=1S/C25H18Cl2N2O4/c1-13-18-7-5-15(14-3-2-4-16(9-14)25(32)29-12-22(28)30)10-21(18)33-24(13)23(31)19-8-6-17(26)11-20(19)27/h2-11H,12H2,1H3,(H2,28,30)(H,29,32). The molecule has 0 aliphatic carbocycles. The van der Waals surface area contributed by atoms with Gasteiger partial charge in [-0.15, -0.1) is 0 Å². The molecule has 0 atom stereocenters. The Hall–Kier alpha value is -3.61. The van der Waals surface area contributed by atoms with Crippen molar-refractivity contribution in [2.24, 2.45) is 5.73 Å². The highest BCUT2D eigenvalue weighted by Crippen LogP contribution is 2.33. The number of hydrogen-bond acceptors (Lipinski definition) is 4. The number of hydrogen-bond donors (Lipinski definition) is 2. The summed E-state index contributed by atoms with van der Waals surface area (Å²) in [6, 6.07) is 17.2. The molecule has 6 nitrogen and oxygen atoms in total. The Kier molecular flexibility index (Phi) is 6.22. The molecule has 0 radical (unpaired) electrons. The van der Waals surface area contributed by atoms with Crippen LogP contribution in [0.4, 0.5) is 0 Å². The molecule has 33 heavy (non-hydrogen) atoms. The van der Waals surface area contributed by atoms with Crippen molar-refractivity contribution >= 4 is 51.8 Å². The zero-order chi connectivity index (χ0) is 23.7. The zero-order valence-electron chi connectivity index (χ0n) is 17.4. The van der Waals surface area contributed by atoms with Crippen LogP contribution in [0.25, 0.3) is 22.1 Å². The van der Waals surface area contributed by atoms with E-state index in [1.54, 1.807) is 30.3 Å². The Labute approximate surface area is 199 Å². The van der Waals surface area contributed by atoms with Gasteiger partial charge in [0.2, 0.25) is 11.7 Å². The number of furan rings is 1. The highest BCUT2D eigenvalue weighted by Gasteiger charge is 2.22. The lowest BCUT2D eigenvalue weighted by molar-refractivity contribution is -0.117. The quantitative estimate of drug-likeness (QED) is 0.372. The number of nitrogens with two attached hydrogens (primary N) is 1. The summed E-state index contributed by atoms with van der Waals surface area (Å²) in [5.74, 6) is -1.16. The van der Waals surface area contributed by atoms with Gasteiger partial charge in [0.1, 0.15) is 5.58 Å². The molecule has 0 saturated carbocycles. The summed E-state index contributed by atoms with van der Waals surface area (Å²) in [6.07, 6.45) is 0. The van der Waals surface area contributed by atoms with Crippen LogP contribution in [0.5, 0.6) is 0 Å². The van der Waals surface area contributed by atoms with Gasteiger partial charge in [-0.2, -0.15) is 0 Å². The summed E-state index contributed by atoms with van der Waals surface area (Å²) < 4.78 is 5.93. The van der Waals surface area contributed by atoms with Gasteiger partial charge < -0.3 is 15.5 Å². The van der Waals surface area contributed by atoms with Gasteiger partial charge >= 0.3 is 0 Å². The van der Waals surface area contributed by atoms with Gasteiger partial charge in [-0.1, -0.05) is 47.5 Å². The Balaban J connectivity index is 1.68. The maximum absolute atomic E-state index is 13.1. The molecule has 4 rings (SSSR count). The molecule has 2 amide bonds. The van der Waals surface area contributed by atoms with Crippen molar-refractivity contribution in [1.82, 2.24) is 5.32 Å². The number of nitrogens with one attached hydrogen (secondary N) is 1. The van der Waals surface area contributed by atoms with E-state index < -0.39 is 11.8 Å². The molecule has 0 fully saturated rings. The molecule has 1 heterocycles. The van der Waals surface area contributed by atoms with Gasteiger partial charge in [-0.05, 0) is 54.4 Å². The van der Waals surface area contributed by atoms with Crippen LogP contribution in [-0.4, -0.2) is 24.1 Å². The van der Waals surface area contributed by atoms with Gasteiger partial charge in [0.25, 0.3) is 5.91 Å². The second-order valence-electron chi connectivity index (χ2n) is 7.45. The topological polar surface area (TPSA) is 102 Å². The van der Waals surface area contributed by atoms with Crippen LogP contribution in [0.1, 0.15) is 32.0 Å². The summed E-state index contributed by atoms with van der Waals surface area (Å²) in [5, 5.41) is 3.95. The molecular weight excluding hydrogens is 463 g/mol. The average Bonchev–Trinajstić information content (AvgIpc) is 3.13. The molecule has 1 aromatic heterocycles. The lowest BCUT2D eigenvalue weighted by atomic mass is 10.0. The Morgan fingerprint density at radius 2 is 1.73 bits per heavy atom. The number of benzene rings is 3. The highest BCUT2D eigenvalue weighted by atomic mass is 35.5. The number of rotatable bonds is 6. The van der Waals surface area contributed by atoms with Crippen molar-refractivity contribution in [1.29, 1.82) is 0 Å². The van der Waals surface area contributed by atoms with Crippen LogP contribution in [0.2, 0.25) is 10.0 Å². The van der Waals surface area contributed by atoms with Crippen LogP contribution < -0.4 is 11.1 Å². The Morgan fingerprint density at radius 3 is 2.45 bits per heavy atom. The van der Waals surface area contributed by atoms with Gasteiger partial charge in [-0.3, -0.25) is 14.4 Å². The molecule has 0 aliphatic rings. The van der Waals surface area contributed by atoms with Gasteiger partial charge in [0, 0.05) is 27.1 Å². The molecule has 8 heteroatoms. The van der Waals surface area contributed by atoms with Gasteiger partial charge in [-0.25, -0.2) is 0 Å². The van der Waals surface area contributed by atoms with E-state index in [0.717, 1.165) is 16.5 Å². The maximum Gasteiger partial charge on any atom is 0.251 e. The molecule has 3 N–H and O–H groups in total. The average molecular weight is 481 g/mol. The highest BCUT2D eigenvalue weighted by molar-refractivity contribution is 6.37. The Morgan fingerprint density at radius 1 is 0.970 bits per heavy atom. The minimum atomic E-state index is -0.622. The monoisotopic (exact) mass is 480 g/mol. The number of aryl methyl sites for hydroxylation is 1. The summed E-state index contributed by atoms with van der Waals surface area (Å²) in [6.45, 7) is 1.57. The molecule has 0 bridgehead atoms. The molecule has 3 aromatic carbocycles. The summed E-state index contributed by atoms with van der Waals surface area (Å²) in [5.41, 5.74) is 8.57. The largest absolute Gasteiger partial charge is 0.452 e. The van der Waals surface area contributed by atoms with E-state index in [1.807, 2.05) is 31.2 Å². The third-order valence-electron chi connectivity index (χ3n) is 5.20. The predicted octanol–water partition coefficient (Wildman–Crippen LogP) is 5.16. The van der Waals surface area contributed by atoms with Crippen molar-refractivity contribution in [2.45, 2.75) is 6.92 Å². The molecule has 0 unspecified atom stereocenters. The van der Waals surface area contributed by atoms with E-state index in [2.05, 4.69) is 5.32 Å². The lowest BCUT2D eigenvalue weighted by Crippen LogP contribution is -2.33. The van der Waals surface area contributed by atoms with Crippen LogP contribution >= 0.6 is 23.2 Å².